The molecule has 6 nitrogen and oxygen atoms in total. The van der Waals surface area contributed by atoms with Crippen LogP contribution in [0.15, 0.2) is 15.7 Å². The van der Waals surface area contributed by atoms with E-state index in [1.165, 1.54) is 15.8 Å². The van der Waals surface area contributed by atoms with E-state index in [0.29, 0.717) is 26.3 Å². The van der Waals surface area contributed by atoms with Crippen LogP contribution in [0.3, 0.4) is 0 Å². The Labute approximate surface area is 122 Å². The molecular formula is C12H17NO5S2. The number of ether oxygens (including phenoxy) is 1. The van der Waals surface area contributed by atoms with Crippen molar-refractivity contribution < 1.29 is 23.1 Å². The van der Waals surface area contributed by atoms with Gasteiger partial charge in [-0.25, -0.2) is 13.2 Å². The largest absolute Gasteiger partial charge is 0.478 e. The van der Waals surface area contributed by atoms with E-state index in [0.717, 1.165) is 17.8 Å². The van der Waals surface area contributed by atoms with Gasteiger partial charge in [0.15, 0.2) is 0 Å². The standard InChI is InChI=1S/C12H17NO5S2/c1-2-13(6-9-3-4-18-7-9)20(16,17)11-5-10(8-19-11)12(14)15/h5,8-9H,2-4,6-7H2,1H3,(H,14,15). The van der Waals surface area contributed by atoms with Crippen LogP contribution in [0, 0.1) is 5.92 Å². The summed E-state index contributed by atoms with van der Waals surface area (Å²) >= 11 is 0.945. The fourth-order valence-corrected chi connectivity index (χ4v) is 4.94. The summed E-state index contributed by atoms with van der Waals surface area (Å²) < 4.78 is 31.7. The molecule has 0 amide bonds. The first-order valence-electron chi connectivity index (χ1n) is 6.35. The van der Waals surface area contributed by atoms with Crippen molar-refractivity contribution in [2.24, 2.45) is 5.92 Å². The molecule has 1 aliphatic heterocycles. The Morgan fingerprint density at radius 1 is 1.60 bits per heavy atom. The Morgan fingerprint density at radius 2 is 2.35 bits per heavy atom. The Kier molecular flexibility index (Phi) is 4.79. The molecule has 20 heavy (non-hydrogen) atoms. The van der Waals surface area contributed by atoms with Crippen molar-refractivity contribution in [1.29, 1.82) is 0 Å². The second-order valence-electron chi connectivity index (χ2n) is 4.64. The van der Waals surface area contributed by atoms with E-state index in [4.69, 9.17) is 9.84 Å². The predicted octanol–water partition coefficient (Wildman–Crippen LogP) is 1.49. The molecule has 2 heterocycles. The molecule has 0 radical (unpaired) electrons. The van der Waals surface area contributed by atoms with Crippen LogP contribution in [0.2, 0.25) is 0 Å². The van der Waals surface area contributed by atoms with Crippen molar-refractivity contribution in [2.45, 2.75) is 17.6 Å². The Hall–Kier alpha value is -0.960. The number of carboxylic acids is 1. The van der Waals surface area contributed by atoms with Crippen molar-refractivity contribution in [3.05, 3.63) is 17.0 Å². The fourth-order valence-electron chi connectivity index (χ4n) is 2.10. The number of nitrogens with zero attached hydrogens (tertiary/aromatic N) is 1. The zero-order valence-electron chi connectivity index (χ0n) is 11.1. The number of rotatable bonds is 6. The Balaban J connectivity index is 2.18. The maximum absolute atomic E-state index is 12.5. The van der Waals surface area contributed by atoms with Gasteiger partial charge in [-0.1, -0.05) is 6.92 Å². The maximum atomic E-state index is 12.5. The lowest BCUT2D eigenvalue weighted by Crippen LogP contribution is -2.35. The molecule has 1 aromatic heterocycles. The van der Waals surface area contributed by atoms with Gasteiger partial charge in [0.05, 0.1) is 12.2 Å². The Morgan fingerprint density at radius 3 is 2.85 bits per heavy atom. The number of carboxylic acid groups (broad SMARTS) is 1. The summed E-state index contributed by atoms with van der Waals surface area (Å²) in [5.41, 5.74) is 0.00817. The van der Waals surface area contributed by atoms with E-state index in [9.17, 15) is 13.2 Å². The van der Waals surface area contributed by atoms with E-state index >= 15 is 0 Å². The number of sulfonamides is 1. The van der Waals surface area contributed by atoms with Crippen LogP contribution in [0.25, 0.3) is 0 Å². The van der Waals surface area contributed by atoms with Crippen LogP contribution in [0.4, 0.5) is 0 Å². The van der Waals surface area contributed by atoms with Gasteiger partial charge < -0.3 is 9.84 Å². The van der Waals surface area contributed by atoms with Gasteiger partial charge >= 0.3 is 5.97 Å². The summed E-state index contributed by atoms with van der Waals surface area (Å²) in [6, 6.07) is 1.22. The van der Waals surface area contributed by atoms with Crippen LogP contribution in [0.1, 0.15) is 23.7 Å². The molecule has 0 spiro atoms. The highest BCUT2D eigenvalue weighted by Gasteiger charge is 2.29. The summed E-state index contributed by atoms with van der Waals surface area (Å²) in [6.45, 7) is 3.80. The van der Waals surface area contributed by atoms with Crippen LogP contribution in [0.5, 0.6) is 0 Å². The molecule has 2 rings (SSSR count). The number of hydrogen-bond acceptors (Lipinski definition) is 5. The van der Waals surface area contributed by atoms with E-state index in [1.807, 2.05) is 0 Å². The van der Waals surface area contributed by atoms with E-state index in [2.05, 4.69) is 0 Å². The molecular weight excluding hydrogens is 302 g/mol. The third kappa shape index (κ3) is 3.20. The monoisotopic (exact) mass is 319 g/mol. The average Bonchev–Trinajstić information content (AvgIpc) is 3.06. The summed E-state index contributed by atoms with van der Waals surface area (Å²) in [4.78, 5) is 10.8. The van der Waals surface area contributed by atoms with Crippen LogP contribution < -0.4 is 0 Å². The predicted molar refractivity (Wildman–Crippen MR) is 74.6 cm³/mol. The van der Waals surface area contributed by atoms with E-state index in [-0.39, 0.29) is 15.7 Å². The molecule has 0 aromatic carbocycles. The molecule has 1 saturated heterocycles. The summed E-state index contributed by atoms with van der Waals surface area (Å²) in [6.07, 6.45) is 0.858. The molecule has 1 fully saturated rings. The van der Waals surface area contributed by atoms with E-state index < -0.39 is 16.0 Å². The van der Waals surface area contributed by atoms with Crippen molar-refractivity contribution in [1.82, 2.24) is 4.31 Å². The van der Waals surface area contributed by atoms with Gasteiger partial charge in [-0.15, -0.1) is 11.3 Å². The minimum Gasteiger partial charge on any atom is -0.478 e. The second kappa shape index (κ2) is 6.21. The smallest absolute Gasteiger partial charge is 0.336 e. The van der Waals surface area contributed by atoms with Crippen molar-refractivity contribution in [2.75, 3.05) is 26.3 Å². The zero-order chi connectivity index (χ0) is 14.8. The molecule has 1 N–H and O–H groups in total. The van der Waals surface area contributed by atoms with Crippen molar-refractivity contribution >= 4 is 27.3 Å². The normalized spacial score (nSPS) is 19.6. The van der Waals surface area contributed by atoms with Gasteiger partial charge in [-0.3, -0.25) is 0 Å². The summed E-state index contributed by atoms with van der Waals surface area (Å²) in [7, 11) is -3.62. The summed E-state index contributed by atoms with van der Waals surface area (Å²) in [5, 5.41) is 10.2. The average molecular weight is 319 g/mol. The number of thiophene rings is 1. The third-order valence-electron chi connectivity index (χ3n) is 3.26. The second-order valence-corrected chi connectivity index (χ2v) is 7.72. The number of aromatic carboxylic acids is 1. The molecule has 1 atom stereocenters. The third-order valence-corrected chi connectivity index (χ3v) is 6.61. The molecule has 0 aliphatic carbocycles. The van der Waals surface area contributed by atoms with Gasteiger partial charge in [0.25, 0.3) is 10.0 Å². The molecule has 8 heteroatoms. The van der Waals surface area contributed by atoms with Gasteiger partial charge in [0, 0.05) is 25.1 Å². The highest BCUT2D eigenvalue weighted by atomic mass is 32.2. The minimum atomic E-state index is -3.62. The molecule has 1 aliphatic rings. The number of carbonyl (C=O) groups is 1. The van der Waals surface area contributed by atoms with Gasteiger partial charge in [0.1, 0.15) is 4.21 Å². The van der Waals surface area contributed by atoms with Crippen LogP contribution in [-0.4, -0.2) is 50.1 Å². The quantitative estimate of drug-likeness (QED) is 0.859. The highest BCUT2D eigenvalue weighted by molar-refractivity contribution is 7.91. The molecule has 0 saturated carbocycles. The van der Waals surface area contributed by atoms with Crippen molar-refractivity contribution in [3.8, 4) is 0 Å². The van der Waals surface area contributed by atoms with Crippen LogP contribution >= 0.6 is 11.3 Å². The fraction of sp³-hybridized carbons (Fsp3) is 0.583. The molecule has 1 aromatic rings. The van der Waals surface area contributed by atoms with Crippen LogP contribution in [-0.2, 0) is 14.8 Å². The minimum absolute atomic E-state index is 0.00817. The van der Waals surface area contributed by atoms with Gasteiger partial charge in [0.2, 0.25) is 0 Å². The summed E-state index contributed by atoms with van der Waals surface area (Å²) in [5.74, 6) is -0.904. The SMILES string of the molecule is CCN(CC1CCOC1)S(=O)(=O)c1cc(C(=O)O)cs1. The highest BCUT2D eigenvalue weighted by Crippen LogP contribution is 2.25. The maximum Gasteiger partial charge on any atom is 0.336 e. The molecule has 112 valence electrons. The number of hydrogen-bond donors (Lipinski definition) is 1. The van der Waals surface area contributed by atoms with Gasteiger partial charge in [-0.05, 0) is 18.4 Å². The van der Waals surface area contributed by atoms with E-state index in [1.54, 1.807) is 6.92 Å². The first-order chi connectivity index (χ1) is 9.45. The van der Waals surface area contributed by atoms with Gasteiger partial charge in [-0.2, -0.15) is 4.31 Å². The lowest BCUT2D eigenvalue weighted by atomic mass is 10.1. The lowest BCUT2D eigenvalue weighted by Gasteiger charge is -2.22. The molecule has 1 unspecified atom stereocenters. The first-order valence-corrected chi connectivity index (χ1v) is 8.66. The first kappa shape index (κ1) is 15.4. The zero-order valence-corrected chi connectivity index (χ0v) is 12.7. The topological polar surface area (TPSA) is 83.9 Å². The lowest BCUT2D eigenvalue weighted by molar-refractivity contribution is 0.0697. The van der Waals surface area contributed by atoms with Crippen molar-refractivity contribution in [3.63, 3.8) is 0 Å². The molecule has 0 bridgehead atoms. The Bertz CT molecular complexity index is 574.